The molecule has 0 aliphatic heterocycles. The molecule has 1 aromatic heterocycles. The Hall–Kier alpha value is -2.28. The highest BCUT2D eigenvalue weighted by Crippen LogP contribution is 2.29. The third kappa shape index (κ3) is 3.88. The SMILES string of the molecule is CCc1nnc(S/C(=C\c2ccc(C)c(OC)c2)C(=O)O)o1. The molecule has 0 amide bonds. The maximum atomic E-state index is 11.4. The van der Waals surface area contributed by atoms with Crippen LogP contribution in [0.3, 0.4) is 0 Å². The molecule has 22 heavy (non-hydrogen) atoms. The minimum Gasteiger partial charge on any atom is -0.496 e. The number of aliphatic carboxylic acids is 1. The van der Waals surface area contributed by atoms with Gasteiger partial charge in [0.15, 0.2) is 0 Å². The fourth-order valence-corrected chi connectivity index (χ4v) is 2.42. The van der Waals surface area contributed by atoms with Gasteiger partial charge in [-0.15, -0.1) is 10.2 Å². The molecule has 0 atom stereocenters. The molecule has 1 heterocycles. The second-order valence-corrected chi connectivity index (χ2v) is 5.45. The standard InChI is InChI=1S/C15H16N2O4S/c1-4-13-16-17-15(21-13)22-12(14(18)19)8-10-6-5-9(2)11(7-10)20-3/h5-8H,4H2,1-3H3,(H,18,19)/b12-8-. The summed E-state index contributed by atoms with van der Waals surface area (Å²) in [6.45, 7) is 3.80. The Balaban J connectivity index is 2.28. The van der Waals surface area contributed by atoms with E-state index in [-0.39, 0.29) is 10.1 Å². The molecule has 0 saturated heterocycles. The van der Waals surface area contributed by atoms with Crippen LogP contribution >= 0.6 is 11.8 Å². The van der Waals surface area contributed by atoms with Gasteiger partial charge in [0, 0.05) is 6.42 Å². The number of methoxy groups -OCH3 is 1. The molecule has 2 rings (SSSR count). The highest BCUT2D eigenvalue weighted by atomic mass is 32.2. The molecule has 0 aliphatic rings. The second-order valence-electron chi connectivity index (χ2n) is 4.46. The number of aryl methyl sites for hydroxylation is 2. The molecule has 0 bridgehead atoms. The number of carboxylic acid groups (broad SMARTS) is 1. The molecule has 0 aliphatic carbocycles. The van der Waals surface area contributed by atoms with Crippen LogP contribution < -0.4 is 4.74 Å². The number of rotatable bonds is 6. The van der Waals surface area contributed by atoms with Gasteiger partial charge < -0.3 is 14.3 Å². The van der Waals surface area contributed by atoms with Crippen LogP contribution in [0.2, 0.25) is 0 Å². The number of carboxylic acids is 1. The fourth-order valence-electron chi connectivity index (χ4n) is 1.73. The van der Waals surface area contributed by atoms with Crippen molar-refractivity contribution >= 4 is 23.8 Å². The minimum absolute atomic E-state index is 0.0946. The first-order valence-electron chi connectivity index (χ1n) is 6.63. The zero-order valence-electron chi connectivity index (χ0n) is 12.5. The number of hydrogen-bond acceptors (Lipinski definition) is 6. The quantitative estimate of drug-likeness (QED) is 0.646. The van der Waals surface area contributed by atoms with E-state index in [1.807, 2.05) is 26.0 Å². The molecule has 0 saturated carbocycles. The van der Waals surface area contributed by atoms with E-state index in [2.05, 4.69) is 10.2 Å². The van der Waals surface area contributed by atoms with Gasteiger partial charge in [0.25, 0.3) is 5.22 Å². The average molecular weight is 320 g/mol. The number of ether oxygens (including phenoxy) is 1. The van der Waals surface area contributed by atoms with Crippen LogP contribution in [0.5, 0.6) is 5.75 Å². The van der Waals surface area contributed by atoms with Gasteiger partial charge in [-0.2, -0.15) is 0 Å². The van der Waals surface area contributed by atoms with Crippen LogP contribution in [0.4, 0.5) is 0 Å². The van der Waals surface area contributed by atoms with Crippen molar-refractivity contribution in [3.63, 3.8) is 0 Å². The molecule has 2 aromatic rings. The summed E-state index contributed by atoms with van der Waals surface area (Å²) < 4.78 is 10.6. The molecular weight excluding hydrogens is 304 g/mol. The summed E-state index contributed by atoms with van der Waals surface area (Å²) >= 11 is 0.926. The number of benzene rings is 1. The number of nitrogens with zero attached hydrogens (tertiary/aromatic N) is 2. The van der Waals surface area contributed by atoms with Crippen molar-refractivity contribution in [2.24, 2.45) is 0 Å². The van der Waals surface area contributed by atoms with Crippen molar-refractivity contribution < 1.29 is 19.1 Å². The van der Waals surface area contributed by atoms with E-state index in [0.29, 0.717) is 18.1 Å². The molecule has 7 heteroatoms. The van der Waals surface area contributed by atoms with E-state index >= 15 is 0 Å². The minimum atomic E-state index is -1.05. The molecule has 116 valence electrons. The van der Waals surface area contributed by atoms with Gasteiger partial charge in [-0.05, 0) is 42.0 Å². The van der Waals surface area contributed by atoms with Crippen molar-refractivity contribution in [3.8, 4) is 5.75 Å². The van der Waals surface area contributed by atoms with Gasteiger partial charge in [-0.1, -0.05) is 19.1 Å². The summed E-state index contributed by atoms with van der Waals surface area (Å²) in [6, 6.07) is 5.48. The van der Waals surface area contributed by atoms with Crippen LogP contribution in [-0.4, -0.2) is 28.4 Å². The largest absolute Gasteiger partial charge is 0.496 e. The third-order valence-electron chi connectivity index (χ3n) is 2.89. The number of thioether (sulfide) groups is 1. The van der Waals surface area contributed by atoms with Gasteiger partial charge in [0.2, 0.25) is 5.89 Å². The van der Waals surface area contributed by atoms with Gasteiger partial charge in [-0.25, -0.2) is 4.79 Å². The van der Waals surface area contributed by atoms with E-state index in [0.717, 1.165) is 22.9 Å². The summed E-state index contributed by atoms with van der Waals surface area (Å²) in [5.74, 6) is 0.125. The van der Waals surface area contributed by atoms with E-state index in [1.165, 1.54) is 0 Å². The van der Waals surface area contributed by atoms with Crippen LogP contribution in [0.25, 0.3) is 6.08 Å². The van der Waals surface area contributed by atoms with E-state index < -0.39 is 5.97 Å². The van der Waals surface area contributed by atoms with E-state index in [9.17, 15) is 9.90 Å². The van der Waals surface area contributed by atoms with Crippen molar-refractivity contribution in [1.29, 1.82) is 0 Å². The molecule has 1 aromatic carbocycles. The predicted octanol–water partition coefficient (Wildman–Crippen LogP) is 3.17. The summed E-state index contributed by atoms with van der Waals surface area (Å²) in [7, 11) is 1.58. The lowest BCUT2D eigenvalue weighted by Crippen LogP contribution is -1.97. The summed E-state index contributed by atoms with van der Waals surface area (Å²) in [5.41, 5.74) is 1.70. The number of carbonyl (C=O) groups is 1. The fraction of sp³-hybridized carbons (Fsp3) is 0.267. The molecule has 0 spiro atoms. The van der Waals surface area contributed by atoms with Crippen molar-refractivity contribution in [3.05, 3.63) is 40.1 Å². The highest BCUT2D eigenvalue weighted by Gasteiger charge is 2.15. The lowest BCUT2D eigenvalue weighted by atomic mass is 10.1. The van der Waals surface area contributed by atoms with Crippen LogP contribution in [0.1, 0.15) is 23.9 Å². The lowest BCUT2D eigenvalue weighted by Gasteiger charge is -2.05. The molecular formula is C15H16N2O4S. The molecule has 0 radical (unpaired) electrons. The van der Waals surface area contributed by atoms with Gasteiger partial charge >= 0.3 is 5.97 Å². The summed E-state index contributed by atoms with van der Waals surface area (Å²) in [4.78, 5) is 11.5. The first kappa shape index (κ1) is 16.1. The van der Waals surface area contributed by atoms with E-state index in [1.54, 1.807) is 19.3 Å². The van der Waals surface area contributed by atoms with Crippen LogP contribution in [-0.2, 0) is 11.2 Å². The first-order valence-corrected chi connectivity index (χ1v) is 7.45. The Kier molecular flexibility index (Phi) is 5.21. The zero-order chi connectivity index (χ0) is 16.1. The van der Waals surface area contributed by atoms with Crippen molar-refractivity contribution in [2.45, 2.75) is 25.5 Å². The van der Waals surface area contributed by atoms with Crippen LogP contribution in [0, 0.1) is 6.92 Å². The average Bonchev–Trinajstić information content (AvgIpc) is 2.96. The maximum absolute atomic E-state index is 11.4. The zero-order valence-corrected chi connectivity index (χ0v) is 13.3. The summed E-state index contributed by atoms with van der Waals surface area (Å²) in [5, 5.41) is 17.2. The monoisotopic (exact) mass is 320 g/mol. The smallest absolute Gasteiger partial charge is 0.342 e. The Morgan fingerprint density at radius 2 is 2.23 bits per heavy atom. The Labute approximate surface area is 132 Å². The Morgan fingerprint density at radius 1 is 1.45 bits per heavy atom. The predicted molar refractivity (Wildman–Crippen MR) is 82.9 cm³/mol. The third-order valence-corrected chi connectivity index (χ3v) is 3.74. The van der Waals surface area contributed by atoms with Gasteiger partial charge in [0.05, 0.1) is 7.11 Å². The number of hydrogen-bond donors (Lipinski definition) is 1. The second kappa shape index (κ2) is 7.13. The highest BCUT2D eigenvalue weighted by molar-refractivity contribution is 8.03. The van der Waals surface area contributed by atoms with Crippen molar-refractivity contribution in [1.82, 2.24) is 10.2 Å². The van der Waals surface area contributed by atoms with Crippen LogP contribution in [0.15, 0.2) is 32.7 Å². The molecule has 0 unspecified atom stereocenters. The first-order chi connectivity index (χ1) is 10.5. The van der Waals surface area contributed by atoms with Crippen molar-refractivity contribution in [2.75, 3.05) is 7.11 Å². The van der Waals surface area contributed by atoms with E-state index in [4.69, 9.17) is 9.15 Å². The molecule has 0 fully saturated rings. The summed E-state index contributed by atoms with van der Waals surface area (Å²) in [6.07, 6.45) is 2.15. The lowest BCUT2D eigenvalue weighted by molar-refractivity contribution is -0.131. The maximum Gasteiger partial charge on any atom is 0.342 e. The molecule has 1 N–H and O–H groups in total. The number of aromatic nitrogens is 2. The van der Waals surface area contributed by atoms with Gasteiger partial charge in [0.1, 0.15) is 10.7 Å². The van der Waals surface area contributed by atoms with Gasteiger partial charge in [-0.3, -0.25) is 0 Å². The topological polar surface area (TPSA) is 85.5 Å². The Morgan fingerprint density at radius 3 is 2.82 bits per heavy atom. The Bertz CT molecular complexity index is 709. The normalized spacial score (nSPS) is 11.5. The molecule has 6 nitrogen and oxygen atoms in total.